The van der Waals surface area contributed by atoms with E-state index in [2.05, 4.69) is 139 Å². The number of rotatable bonds is 4. The molecule has 7 rings (SSSR count). The minimum absolute atomic E-state index is 0.0562. The van der Waals surface area contributed by atoms with Gasteiger partial charge in [-0.25, -0.2) is 15.0 Å². The topological polar surface area (TPSA) is 43.6 Å². The summed E-state index contributed by atoms with van der Waals surface area (Å²) in [4.78, 5) is 14.8. The van der Waals surface area contributed by atoms with Crippen LogP contribution in [-0.4, -0.2) is 19.5 Å². The van der Waals surface area contributed by atoms with Gasteiger partial charge >= 0.3 is 0 Å². The molecule has 0 aliphatic carbocycles. The van der Waals surface area contributed by atoms with Crippen molar-refractivity contribution in [1.82, 2.24) is 19.5 Å². The molecule has 7 aromatic rings. The van der Waals surface area contributed by atoms with Crippen molar-refractivity contribution in [2.45, 2.75) is 52.4 Å². The third-order valence-electron chi connectivity index (χ3n) is 8.72. The van der Waals surface area contributed by atoms with Gasteiger partial charge in [0.05, 0.1) is 11.0 Å². The lowest BCUT2D eigenvalue weighted by Crippen LogP contribution is -2.10. The van der Waals surface area contributed by atoms with Gasteiger partial charge in [0.15, 0.2) is 17.5 Å². The number of hydrogen-bond acceptors (Lipinski definition) is 3. The Balaban J connectivity index is 1.37. The van der Waals surface area contributed by atoms with E-state index in [0.29, 0.717) is 17.5 Å². The van der Waals surface area contributed by atoms with Gasteiger partial charge in [0, 0.05) is 42.1 Å². The summed E-state index contributed by atoms with van der Waals surface area (Å²) in [5, 5.41) is 2.55. The zero-order valence-corrected chi connectivity index (χ0v) is 30.6. The van der Waals surface area contributed by atoms with Crippen molar-refractivity contribution in [3.8, 4) is 39.9 Å². The monoisotopic (exact) mass is 742 g/mol. The molecule has 0 saturated carbocycles. The second-order valence-corrected chi connectivity index (χ2v) is 16.0. The Morgan fingerprint density at radius 3 is 1.13 bits per heavy atom. The highest BCUT2D eigenvalue weighted by Crippen LogP contribution is 2.38. The van der Waals surface area contributed by atoms with Crippen molar-refractivity contribution >= 4 is 53.7 Å². The number of fused-ring (bicyclic) bond motifs is 3. The minimum Gasteiger partial charge on any atom is -0.309 e. The van der Waals surface area contributed by atoms with E-state index in [1.54, 1.807) is 0 Å². The fraction of sp³-hybridized carbons (Fsp3) is 0.195. The molecule has 0 fully saturated rings. The van der Waals surface area contributed by atoms with Gasteiger partial charge in [0.1, 0.15) is 0 Å². The van der Waals surface area contributed by atoms with Crippen LogP contribution in [0.2, 0.25) is 0 Å². The fourth-order valence-electron chi connectivity index (χ4n) is 5.96. The standard InChI is InChI=1S/C41H36Br2N4/c1-40(2,3)28-13-21-35-33(23-28)34-24-29(41(4,5)6)14-22-36(34)47(35)32-19-11-27(12-20-32)39-45-37(25-7-15-30(42)16-8-25)44-38(46-39)26-9-17-31(43)18-10-26/h7-24H,1-6H3. The Kier molecular flexibility index (Phi) is 7.92. The third-order valence-corrected chi connectivity index (χ3v) is 9.78. The summed E-state index contributed by atoms with van der Waals surface area (Å²) in [5.74, 6) is 1.90. The Bertz CT molecular complexity index is 2120. The van der Waals surface area contributed by atoms with E-state index in [1.807, 2.05) is 48.5 Å². The number of aromatic nitrogens is 4. The molecular formula is C41H36Br2N4. The van der Waals surface area contributed by atoms with Crippen LogP contribution in [-0.2, 0) is 10.8 Å². The summed E-state index contributed by atoms with van der Waals surface area (Å²) < 4.78 is 4.39. The fourth-order valence-corrected chi connectivity index (χ4v) is 6.48. The van der Waals surface area contributed by atoms with E-state index < -0.39 is 0 Å². The molecule has 0 aliphatic rings. The van der Waals surface area contributed by atoms with Crippen molar-refractivity contribution < 1.29 is 0 Å². The highest BCUT2D eigenvalue weighted by atomic mass is 79.9. The van der Waals surface area contributed by atoms with Gasteiger partial charge in [0.2, 0.25) is 0 Å². The van der Waals surface area contributed by atoms with Crippen LogP contribution in [0.1, 0.15) is 52.7 Å². The molecule has 2 heterocycles. The van der Waals surface area contributed by atoms with Crippen molar-refractivity contribution in [2.75, 3.05) is 0 Å². The molecule has 4 nitrogen and oxygen atoms in total. The first-order valence-corrected chi connectivity index (χ1v) is 17.4. The first kappa shape index (κ1) is 31.5. The van der Waals surface area contributed by atoms with E-state index in [4.69, 9.17) is 15.0 Å². The van der Waals surface area contributed by atoms with Gasteiger partial charge in [-0.2, -0.15) is 0 Å². The van der Waals surface area contributed by atoms with Gasteiger partial charge in [-0.1, -0.05) is 110 Å². The molecule has 0 unspecified atom stereocenters. The quantitative estimate of drug-likeness (QED) is 0.180. The molecular weight excluding hydrogens is 708 g/mol. The van der Waals surface area contributed by atoms with Crippen LogP contribution >= 0.6 is 31.9 Å². The molecule has 0 aliphatic heterocycles. The molecule has 0 saturated heterocycles. The van der Waals surface area contributed by atoms with Crippen LogP contribution < -0.4 is 0 Å². The van der Waals surface area contributed by atoms with Gasteiger partial charge in [-0.3, -0.25) is 0 Å². The van der Waals surface area contributed by atoms with Crippen LogP contribution in [0.25, 0.3) is 61.7 Å². The van der Waals surface area contributed by atoms with Gasteiger partial charge in [-0.15, -0.1) is 0 Å². The summed E-state index contributed by atoms with van der Waals surface area (Å²) >= 11 is 7.09. The predicted octanol–water partition coefficient (Wildman–Crippen LogP) is 12.1. The average Bonchev–Trinajstić information content (AvgIpc) is 3.38. The van der Waals surface area contributed by atoms with Crippen molar-refractivity contribution in [2.24, 2.45) is 0 Å². The Morgan fingerprint density at radius 1 is 0.447 bits per heavy atom. The van der Waals surface area contributed by atoms with Crippen molar-refractivity contribution in [1.29, 1.82) is 0 Å². The van der Waals surface area contributed by atoms with E-state index in [-0.39, 0.29) is 10.8 Å². The van der Waals surface area contributed by atoms with E-state index in [0.717, 1.165) is 31.3 Å². The molecule has 6 heteroatoms. The van der Waals surface area contributed by atoms with Crippen LogP contribution in [0.4, 0.5) is 0 Å². The number of benzene rings is 5. The van der Waals surface area contributed by atoms with Crippen molar-refractivity contribution in [3.63, 3.8) is 0 Å². The van der Waals surface area contributed by atoms with Gasteiger partial charge < -0.3 is 4.57 Å². The molecule has 2 aromatic heterocycles. The lowest BCUT2D eigenvalue weighted by molar-refractivity contribution is 0.590. The first-order valence-electron chi connectivity index (χ1n) is 15.8. The average molecular weight is 745 g/mol. The van der Waals surface area contributed by atoms with E-state index in [1.165, 1.54) is 32.9 Å². The largest absolute Gasteiger partial charge is 0.309 e. The van der Waals surface area contributed by atoms with Gasteiger partial charge in [0.25, 0.3) is 0 Å². The Labute approximate surface area is 293 Å². The summed E-state index contributed by atoms with van der Waals surface area (Å²) in [6, 6.07) is 38.6. The zero-order valence-electron chi connectivity index (χ0n) is 27.4. The lowest BCUT2D eigenvalue weighted by atomic mass is 9.85. The number of nitrogens with zero attached hydrogens (tertiary/aromatic N) is 4. The molecule has 0 radical (unpaired) electrons. The van der Waals surface area contributed by atoms with Gasteiger partial charge in [-0.05, 0) is 94.8 Å². The summed E-state index contributed by atoms with van der Waals surface area (Å²) in [6.45, 7) is 13.7. The highest BCUT2D eigenvalue weighted by Gasteiger charge is 2.21. The molecule has 0 atom stereocenters. The molecule has 0 N–H and O–H groups in total. The zero-order chi connectivity index (χ0) is 33.1. The maximum Gasteiger partial charge on any atom is 0.164 e. The minimum atomic E-state index is 0.0562. The van der Waals surface area contributed by atoms with Crippen LogP contribution in [0.5, 0.6) is 0 Å². The smallest absolute Gasteiger partial charge is 0.164 e. The van der Waals surface area contributed by atoms with Crippen LogP contribution in [0, 0.1) is 0 Å². The SMILES string of the molecule is CC(C)(C)c1ccc2c(c1)c1cc(C(C)(C)C)ccc1n2-c1ccc(-c2nc(-c3ccc(Br)cc3)nc(-c3ccc(Br)cc3)n2)cc1. The van der Waals surface area contributed by atoms with Crippen LogP contribution in [0.15, 0.2) is 118 Å². The highest BCUT2D eigenvalue weighted by molar-refractivity contribution is 9.10. The summed E-state index contributed by atoms with van der Waals surface area (Å²) in [5.41, 5.74) is 9.06. The molecule has 234 valence electrons. The van der Waals surface area contributed by atoms with E-state index in [9.17, 15) is 0 Å². The van der Waals surface area contributed by atoms with Crippen LogP contribution in [0.3, 0.4) is 0 Å². The molecule has 47 heavy (non-hydrogen) atoms. The second-order valence-electron chi connectivity index (χ2n) is 14.2. The third kappa shape index (κ3) is 6.17. The first-order chi connectivity index (χ1) is 22.3. The lowest BCUT2D eigenvalue weighted by Gasteiger charge is -2.19. The maximum absolute atomic E-state index is 4.95. The van der Waals surface area contributed by atoms with Crippen molar-refractivity contribution in [3.05, 3.63) is 129 Å². The number of hydrogen-bond donors (Lipinski definition) is 0. The maximum atomic E-state index is 4.95. The molecule has 0 bridgehead atoms. The molecule has 0 spiro atoms. The number of halogens is 2. The predicted molar refractivity (Wildman–Crippen MR) is 203 cm³/mol. The Morgan fingerprint density at radius 2 is 0.787 bits per heavy atom. The summed E-state index contributed by atoms with van der Waals surface area (Å²) in [7, 11) is 0. The normalized spacial score (nSPS) is 12.3. The Hall–Kier alpha value is -4.13. The molecule has 0 amide bonds. The second kappa shape index (κ2) is 11.8. The molecule has 5 aromatic carbocycles. The van der Waals surface area contributed by atoms with E-state index >= 15 is 0 Å². The summed E-state index contributed by atoms with van der Waals surface area (Å²) in [6.07, 6.45) is 0.